The quantitative estimate of drug-likeness (QED) is 0.659. The Morgan fingerprint density at radius 3 is 2.66 bits per heavy atom. The predicted molar refractivity (Wildman–Crippen MR) is 109 cm³/mol. The molecule has 0 spiro atoms. The Hall–Kier alpha value is -2.47. The van der Waals surface area contributed by atoms with Crippen LogP contribution < -0.4 is 4.74 Å². The minimum atomic E-state index is -2.98. The first-order valence-electron chi connectivity index (χ1n) is 10.1. The summed E-state index contributed by atoms with van der Waals surface area (Å²) in [5.74, 6) is -2.84. The van der Waals surface area contributed by atoms with Crippen molar-refractivity contribution in [2.24, 2.45) is 0 Å². The van der Waals surface area contributed by atoms with Gasteiger partial charge in [0.15, 0.2) is 0 Å². The lowest BCUT2D eigenvalue weighted by atomic mass is 10.0. The molecule has 4 nitrogen and oxygen atoms in total. The number of carbonyl (C=O) groups excluding carboxylic acids is 1. The molecular weight excluding hydrogens is 374 g/mol. The lowest BCUT2D eigenvalue weighted by molar-refractivity contribution is 0.0171. The first-order valence-corrected chi connectivity index (χ1v) is 10.1. The molecule has 0 bridgehead atoms. The molecule has 0 saturated carbocycles. The molecule has 1 aliphatic heterocycles. The van der Waals surface area contributed by atoms with Gasteiger partial charge in [0, 0.05) is 38.2 Å². The number of piperidine rings is 1. The summed E-state index contributed by atoms with van der Waals surface area (Å²) in [5.41, 5.74) is 1.08. The van der Waals surface area contributed by atoms with Gasteiger partial charge in [-0.05, 0) is 44.0 Å². The molecule has 2 aromatic carbocycles. The number of nitrogens with zero attached hydrogens (tertiary/aromatic N) is 2. The summed E-state index contributed by atoms with van der Waals surface area (Å²) >= 11 is 0. The summed E-state index contributed by atoms with van der Waals surface area (Å²) in [6, 6.07) is 15.9. The molecule has 156 valence electrons. The van der Waals surface area contributed by atoms with Crippen molar-refractivity contribution < 1.29 is 18.3 Å². The van der Waals surface area contributed by atoms with Gasteiger partial charge in [-0.2, -0.15) is 0 Å². The second kappa shape index (κ2) is 9.35. The molecule has 6 heteroatoms. The van der Waals surface area contributed by atoms with Crippen LogP contribution in [0.15, 0.2) is 54.6 Å². The van der Waals surface area contributed by atoms with Gasteiger partial charge >= 0.3 is 6.09 Å². The number of hydrogen-bond acceptors (Lipinski definition) is 3. The highest BCUT2D eigenvalue weighted by molar-refractivity contribution is 5.71. The van der Waals surface area contributed by atoms with E-state index in [2.05, 4.69) is 17.0 Å². The number of ether oxygens (including phenoxy) is 1. The van der Waals surface area contributed by atoms with Crippen molar-refractivity contribution in [1.82, 2.24) is 9.80 Å². The summed E-state index contributed by atoms with van der Waals surface area (Å²) in [6.07, 6.45) is 1.41. The second-order valence-corrected chi connectivity index (χ2v) is 7.59. The largest absolute Gasteiger partial charge is 0.415 e. The summed E-state index contributed by atoms with van der Waals surface area (Å²) in [4.78, 5) is 16.8. The molecule has 1 aliphatic rings. The zero-order valence-corrected chi connectivity index (χ0v) is 17.0. The van der Waals surface area contributed by atoms with Gasteiger partial charge in [-0.3, -0.25) is 4.90 Å². The maximum absolute atomic E-state index is 13.6. The van der Waals surface area contributed by atoms with E-state index in [0.29, 0.717) is 6.54 Å². The van der Waals surface area contributed by atoms with Crippen LogP contribution in [0.1, 0.15) is 37.8 Å². The van der Waals surface area contributed by atoms with E-state index in [1.807, 2.05) is 25.1 Å². The third-order valence-corrected chi connectivity index (χ3v) is 5.29. The van der Waals surface area contributed by atoms with Crippen LogP contribution in [-0.2, 0) is 12.5 Å². The third kappa shape index (κ3) is 5.76. The van der Waals surface area contributed by atoms with Crippen LogP contribution in [0.3, 0.4) is 0 Å². The molecule has 1 saturated heterocycles. The SMILES string of the molecule is CCN(C(=O)Oc1cccc(C(C)(F)F)c1)C1CCCN(Cc2ccccc2)C1. The third-order valence-electron chi connectivity index (χ3n) is 5.29. The summed E-state index contributed by atoms with van der Waals surface area (Å²) in [7, 11) is 0. The standard InChI is InChI=1S/C23H28F2N2O2/c1-3-27(22(28)29-21-13-7-11-19(15-21)23(2,24)25)20-12-8-14-26(17-20)16-18-9-5-4-6-10-18/h4-7,9-11,13,15,20H,3,8,12,14,16-17H2,1-2H3. The normalized spacial score (nSPS) is 17.7. The van der Waals surface area contributed by atoms with E-state index in [-0.39, 0.29) is 17.4 Å². The Bertz CT molecular complexity index is 808. The Morgan fingerprint density at radius 2 is 1.97 bits per heavy atom. The molecule has 3 rings (SSSR count). The number of rotatable bonds is 6. The minimum Gasteiger partial charge on any atom is -0.410 e. The van der Waals surface area contributed by atoms with E-state index in [4.69, 9.17) is 4.74 Å². The second-order valence-electron chi connectivity index (χ2n) is 7.59. The average molecular weight is 402 g/mol. The maximum Gasteiger partial charge on any atom is 0.415 e. The zero-order valence-electron chi connectivity index (χ0n) is 17.0. The number of carbonyl (C=O) groups is 1. The van der Waals surface area contributed by atoms with Crippen molar-refractivity contribution in [3.63, 3.8) is 0 Å². The lowest BCUT2D eigenvalue weighted by Crippen LogP contribution is -2.50. The minimum absolute atomic E-state index is 0.0424. The summed E-state index contributed by atoms with van der Waals surface area (Å²) in [6.45, 7) is 5.85. The van der Waals surface area contributed by atoms with Crippen LogP contribution in [0.4, 0.5) is 13.6 Å². The van der Waals surface area contributed by atoms with E-state index in [9.17, 15) is 13.6 Å². The van der Waals surface area contributed by atoms with Crippen LogP contribution in [0, 0.1) is 0 Å². The Morgan fingerprint density at radius 1 is 1.21 bits per heavy atom. The van der Waals surface area contributed by atoms with Gasteiger partial charge in [-0.25, -0.2) is 13.6 Å². The zero-order chi connectivity index (χ0) is 20.9. The van der Waals surface area contributed by atoms with Crippen molar-refractivity contribution in [2.75, 3.05) is 19.6 Å². The molecule has 1 unspecified atom stereocenters. The number of benzene rings is 2. The van der Waals surface area contributed by atoms with Crippen LogP contribution in [-0.4, -0.2) is 41.6 Å². The average Bonchev–Trinajstić information content (AvgIpc) is 2.69. The molecule has 1 heterocycles. The molecule has 1 atom stereocenters. The van der Waals surface area contributed by atoms with Crippen LogP contribution >= 0.6 is 0 Å². The number of likely N-dealkylation sites (N-methyl/N-ethyl adjacent to an activating group) is 1. The van der Waals surface area contributed by atoms with Crippen molar-refractivity contribution in [3.8, 4) is 5.75 Å². The number of likely N-dealkylation sites (tertiary alicyclic amines) is 1. The van der Waals surface area contributed by atoms with E-state index >= 15 is 0 Å². The predicted octanol–water partition coefficient (Wildman–Crippen LogP) is 5.28. The Kier molecular flexibility index (Phi) is 6.85. The van der Waals surface area contributed by atoms with Gasteiger partial charge in [-0.1, -0.05) is 42.5 Å². The fraction of sp³-hybridized carbons (Fsp3) is 0.435. The van der Waals surface area contributed by atoms with Crippen LogP contribution in [0.25, 0.3) is 0 Å². The van der Waals surface area contributed by atoms with Crippen molar-refractivity contribution in [2.45, 2.75) is 45.2 Å². The van der Waals surface area contributed by atoms with Gasteiger partial charge in [0.1, 0.15) is 5.75 Å². The Labute approximate surface area is 171 Å². The number of amides is 1. The van der Waals surface area contributed by atoms with Crippen molar-refractivity contribution in [1.29, 1.82) is 0 Å². The molecule has 1 amide bonds. The molecule has 2 aromatic rings. The number of alkyl halides is 2. The molecule has 0 radical (unpaired) electrons. The summed E-state index contributed by atoms with van der Waals surface area (Å²) < 4.78 is 32.6. The molecule has 0 aromatic heterocycles. The first-order chi connectivity index (χ1) is 13.9. The fourth-order valence-corrected chi connectivity index (χ4v) is 3.80. The van der Waals surface area contributed by atoms with E-state index in [1.165, 1.54) is 29.8 Å². The van der Waals surface area contributed by atoms with Crippen LogP contribution in [0.2, 0.25) is 0 Å². The lowest BCUT2D eigenvalue weighted by Gasteiger charge is -2.38. The van der Waals surface area contributed by atoms with Gasteiger partial charge in [-0.15, -0.1) is 0 Å². The van der Waals surface area contributed by atoms with Crippen LogP contribution in [0.5, 0.6) is 5.75 Å². The van der Waals surface area contributed by atoms with Crippen molar-refractivity contribution in [3.05, 3.63) is 65.7 Å². The van der Waals surface area contributed by atoms with Gasteiger partial charge in [0.25, 0.3) is 5.92 Å². The van der Waals surface area contributed by atoms with E-state index in [0.717, 1.165) is 39.4 Å². The molecule has 1 fully saturated rings. The number of halogens is 2. The topological polar surface area (TPSA) is 32.8 Å². The van der Waals surface area contributed by atoms with E-state index < -0.39 is 12.0 Å². The Balaban J connectivity index is 1.64. The van der Waals surface area contributed by atoms with Crippen molar-refractivity contribution >= 4 is 6.09 Å². The molecule has 29 heavy (non-hydrogen) atoms. The molecule has 0 N–H and O–H groups in total. The smallest absolute Gasteiger partial charge is 0.410 e. The number of hydrogen-bond donors (Lipinski definition) is 0. The van der Waals surface area contributed by atoms with Gasteiger partial charge in [0.05, 0.1) is 0 Å². The van der Waals surface area contributed by atoms with E-state index in [1.54, 1.807) is 4.90 Å². The highest BCUT2D eigenvalue weighted by Gasteiger charge is 2.29. The monoisotopic (exact) mass is 402 g/mol. The fourth-order valence-electron chi connectivity index (χ4n) is 3.80. The highest BCUT2D eigenvalue weighted by Crippen LogP contribution is 2.29. The molecular formula is C23H28F2N2O2. The van der Waals surface area contributed by atoms with Gasteiger partial charge in [0.2, 0.25) is 0 Å². The summed E-state index contributed by atoms with van der Waals surface area (Å²) in [5, 5.41) is 0. The van der Waals surface area contributed by atoms with Gasteiger partial charge < -0.3 is 9.64 Å². The first kappa shape index (κ1) is 21.2. The molecule has 0 aliphatic carbocycles. The maximum atomic E-state index is 13.6. The highest BCUT2D eigenvalue weighted by atomic mass is 19.3.